The SMILES string of the molecule is CCCN1CCC(c2nnc3n2CCN(C(=O)CCc2c(C)noc2C)C3)CC1. The predicted molar refractivity (Wildman–Crippen MR) is 108 cm³/mol. The van der Waals surface area contributed by atoms with Gasteiger partial charge >= 0.3 is 0 Å². The van der Waals surface area contributed by atoms with E-state index in [0.29, 0.717) is 25.3 Å². The van der Waals surface area contributed by atoms with Crippen molar-refractivity contribution in [3.05, 3.63) is 28.7 Å². The van der Waals surface area contributed by atoms with E-state index >= 15 is 0 Å². The topological polar surface area (TPSA) is 80.3 Å². The molecule has 0 bridgehead atoms. The standard InChI is InChI=1S/C21H32N6O2/c1-4-9-25-10-7-17(8-11-25)21-23-22-19-14-26(12-13-27(19)21)20(28)6-5-18-15(2)24-29-16(18)3/h17H,4-14H2,1-3H3. The first-order chi connectivity index (χ1) is 14.1. The maximum Gasteiger partial charge on any atom is 0.223 e. The van der Waals surface area contributed by atoms with Gasteiger partial charge in [-0.1, -0.05) is 12.1 Å². The van der Waals surface area contributed by atoms with Crippen LogP contribution in [-0.2, 0) is 24.3 Å². The van der Waals surface area contributed by atoms with E-state index in [-0.39, 0.29) is 5.91 Å². The smallest absolute Gasteiger partial charge is 0.223 e. The predicted octanol–water partition coefficient (Wildman–Crippen LogP) is 2.45. The van der Waals surface area contributed by atoms with E-state index in [0.717, 1.165) is 67.7 Å². The molecule has 1 amide bonds. The van der Waals surface area contributed by atoms with Crippen LogP contribution in [0.15, 0.2) is 4.52 Å². The molecule has 8 heteroatoms. The number of hydrogen-bond acceptors (Lipinski definition) is 6. The lowest BCUT2D eigenvalue weighted by molar-refractivity contribution is -0.132. The van der Waals surface area contributed by atoms with Gasteiger partial charge in [-0.15, -0.1) is 10.2 Å². The van der Waals surface area contributed by atoms with Gasteiger partial charge in [0.25, 0.3) is 0 Å². The molecule has 29 heavy (non-hydrogen) atoms. The average molecular weight is 401 g/mol. The highest BCUT2D eigenvalue weighted by atomic mass is 16.5. The zero-order chi connectivity index (χ0) is 20.4. The molecular weight excluding hydrogens is 368 g/mol. The van der Waals surface area contributed by atoms with Crippen molar-refractivity contribution in [2.75, 3.05) is 26.2 Å². The summed E-state index contributed by atoms with van der Waals surface area (Å²) in [6.45, 7) is 11.6. The van der Waals surface area contributed by atoms with Gasteiger partial charge in [0.05, 0.1) is 12.2 Å². The van der Waals surface area contributed by atoms with Crippen molar-refractivity contribution in [2.24, 2.45) is 0 Å². The van der Waals surface area contributed by atoms with Gasteiger partial charge in [0.15, 0.2) is 5.82 Å². The average Bonchev–Trinajstić information content (AvgIpc) is 3.29. The first kappa shape index (κ1) is 20.1. The molecule has 4 heterocycles. The van der Waals surface area contributed by atoms with Gasteiger partial charge in [-0.2, -0.15) is 0 Å². The molecule has 2 aromatic rings. The van der Waals surface area contributed by atoms with Crippen molar-refractivity contribution in [1.29, 1.82) is 0 Å². The molecule has 1 saturated heterocycles. The highest BCUT2D eigenvalue weighted by Crippen LogP contribution is 2.28. The molecule has 0 N–H and O–H groups in total. The number of nitrogens with zero attached hydrogens (tertiary/aromatic N) is 6. The second-order valence-corrected chi connectivity index (χ2v) is 8.36. The van der Waals surface area contributed by atoms with Gasteiger partial charge in [0.1, 0.15) is 11.6 Å². The van der Waals surface area contributed by atoms with Crippen LogP contribution < -0.4 is 0 Å². The molecule has 2 aromatic heterocycles. The number of aryl methyl sites for hydroxylation is 2. The zero-order valence-corrected chi connectivity index (χ0v) is 17.9. The number of likely N-dealkylation sites (tertiary alicyclic amines) is 1. The van der Waals surface area contributed by atoms with Crippen LogP contribution in [-0.4, -0.2) is 61.8 Å². The van der Waals surface area contributed by atoms with Crippen LogP contribution in [0, 0.1) is 13.8 Å². The van der Waals surface area contributed by atoms with Crippen molar-refractivity contribution < 1.29 is 9.32 Å². The molecule has 0 unspecified atom stereocenters. The molecule has 2 aliphatic rings. The summed E-state index contributed by atoms with van der Waals surface area (Å²) in [5.41, 5.74) is 1.93. The lowest BCUT2D eigenvalue weighted by atomic mass is 9.95. The number of aromatic nitrogens is 4. The van der Waals surface area contributed by atoms with E-state index in [1.54, 1.807) is 0 Å². The largest absolute Gasteiger partial charge is 0.361 e. The Hall–Kier alpha value is -2.22. The molecule has 4 rings (SSSR count). The third kappa shape index (κ3) is 4.22. The first-order valence-corrected chi connectivity index (χ1v) is 10.9. The number of rotatable bonds is 6. The third-order valence-corrected chi connectivity index (χ3v) is 6.40. The Labute approximate surface area is 172 Å². The first-order valence-electron chi connectivity index (χ1n) is 10.9. The van der Waals surface area contributed by atoms with Crippen molar-refractivity contribution in [2.45, 2.75) is 71.9 Å². The molecule has 0 aromatic carbocycles. The number of amides is 1. The van der Waals surface area contributed by atoms with Crippen LogP contribution >= 0.6 is 0 Å². The van der Waals surface area contributed by atoms with E-state index in [9.17, 15) is 4.79 Å². The molecule has 158 valence electrons. The molecule has 0 radical (unpaired) electrons. The monoisotopic (exact) mass is 400 g/mol. The summed E-state index contributed by atoms with van der Waals surface area (Å²) in [4.78, 5) is 17.2. The zero-order valence-electron chi connectivity index (χ0n) is 17.9. The summed E-state index contributed by atoms with van der Waals surface area (Å²) in [6.07, 6.45) is 4.66. The third-order valence-electron chi connectivity index (χ3n) is 6.40. The van der Waals surface area contributed by atoms with Crippen LogP contribution in [0.5, 0.6) is 0 Å². The molecule has 0 spiro atoms. The van der Waals surface area contributed by atoms with Crippen LogP contribution in [0.1, 0.15) is 67.2 Å². The molecule has 2 aliphatic heterocycles. The lowest BCUT2D eigenvalue weighted by Gasteiger charge is -2.33. The number of carbonyl (C=O) groups excluding carboxylic acids is 1. The fraction of sp³-hybridized carbons (Fsp3) is 0.714. The molecule has 8 nitrogen and oxygen atoms in total. The Morgan fingerprint density at radius 1 is 1.14 bits per heavy atom. The normalized spacial score (nSPS) is 18.2. The molecule has 0 aliphatic carbocycles. The van der Waals surface area contributed by atoms with Crippen molar-refractivity contribution in [1.82, 2.24) is 29.7 Å². The van der Waals surface area contributed by atoms with Crippen molar-refractivity contribution >= 4 is 5.91 Å². The van der Waals surface area contributed by atoms with E-state index < -0.39 is 0 Å². The van der Waals surface area contributed by atoms with Gasteiger partial charge in [0, 0.05) is 31.0 Å². The molecule has 0 saturated carbocycles. The maximum absolute atomic E-state index is 12.7. The van der Waals surface area contributed by atoms with E-state index in [1.165, 1.54) is 13.0 Å². The second-order valence-electron chi connectivity index (χ2n) is 8.36. The Morgan fingerprint density at radius 2 is 1.93 bits per heavy atom. The van der Waals surface area contributed by atoms with Crippen molar-refractivity contribution in [3.8, 4) is 0 Å². The fourth-order valence-corrected chi connectivity index (χ4v) is 4.67. The highest BCUT2D eigenvalue weighted by Gasteiger charge is 2.29. The van der Waals surface area contributed by atoms with E-state index in [2.05, 4.69) is 31.7 Å². The van der Waals surface area contributed by atoms with Crippen molar-refractivity contribution in [3.63, 3.8) is 0 Å². The number of carbonyl (C=O) groups is 1. The summed E-state index contributed by atoms with van der Waals surface area (Å²) in [5, 5.41) is 12.9. The van der Waals surface area contributed by atoms with Gasteiger partial charge in [-0.05, 0) is 59.2 Å². The summed E-state index contributed by atoms with van der Waals surface area (Å²) in [6, 6.07) is 0. The van der Waals surface area contributed by atoms with Gasteiger partial charge in [-0.25, -0.2) is 0 Å². The number of hydrogen-bond donors (Lipinski definition) is 0. The highest BCUT2D eigenvalue weighted by molar-refractivity contribution is 5.76. The van der Waals surface area contributed by atoms with E-state index in [4.69, 9.17) is 4.52 Å². The number of fused-ring (bicyclic) bond motifs is 1. The van der Waals surface area contributed by atoms with Crippen LogP contribution in [0.2, 0.25) is 0 Å². The quantitative estimate of drug-likeness (QED) is 0.741. The van der Waals surface area contributed by atoms with Gasteiger partial charge in [0.2, 0.25) is 5.91 Å². The Kier molecular flexibility index (Phi) is 5.99. The minimum atomic E-state index is 0.161. The Balaban J connectivity index is 1.34. The van der Waals surface area contributed by atoms with Gasteiger partial charge < -0.3 is 18.9 Å². The second kappa shape index (κ2) is 8.65. The summed E-state index contributed by atoms with van der Waals surface area (Å²) < 4.78 is 7.46. The fourth-order valence-electron chi connectivity index (χ4n) is 4.67. The summed E-state index contributed by atoms with van der Waals surface area (Å²) in [5.74, 6) is 3.51. The molecular formula is C21H32N6O2. The van der Waals surface area contributed by atoms with Crippen LogP contribution in [0.4, 0.5) is 0 Å². The maximum atomic E-state index is 12.7. The minimum absolute atomic E-state index is 0.161. The van der Waals surface area contributed by atoms with Crippen LogP contribution in [0.3, 0.4) is 0 Å². The molecule has 1 fully saturated rings. The minimum Gasteiger partial charge on any atom is -0.361 e. The van der Waals surface area contributed by atoms with Crippen LogP contribution in [0.25, 0.3) is 0 Å². The number of piperidine rings is 1. The van der Waals surface area contributed by atoms with E-state index in [1.807, 2.05) is 18.7 Å². The Bertz CT molecular complexity index is 830. The summed E-state index contributed by atoms with van der Waals surface area (Å²) in [7, 11) is 0. The lowest BCUT2D eigenvalue weighted by Crippen LogP contribution is -2.39. The Morgan fingerprint density at radius 3 is 2.62 bits per heavy atom. The summed E-state index contributed by atoms with van der Waals surface area (Å²) >= 11 is 0. The van der Waals surface area contributed by atoms with Gasteiger partial charge in [-0.3, -0.25) is 4.79 Å². The molecule has 0 atom stereocenters.